The zero-order chi connectivity index (χ0) is 20.9. The van der Waals surface area contributed by atoms with Gasteiger partial charge in [0, 0.05) is 56.4 Å². The highest BCUT2D eigenvalue weighted by molar-refractivity contribution is 5.78. The van der Waals surface area contributed by atoms with Crippen LogP contribution in [0.5, 0.6) is 0 Å². The second kappa shape index (κ2) is 9.13. The van der Waals surface area contributed by atoms with E-state index in [0.717, 1.165) is 68.1 Å². The van der Waals surface area contributed by atoms with E-state index in [2.05, 4.69) is 58.5 Å². The predicted octanol–water partition coefficient (Wildman–Crippen LogP) is 2.59. The van der Waals surface area contributed by atoms with Crippen molar-refractivity contribution in [2.24, 2.45) is 0 Å². The molecule has 5 rings (SSSR count). The zero-order valence-electron chi connectivity index (χ0n) is 17.4. The molecule has 9 heteroatoms. The Hall–Kier alpha value is -3.46. The largest absolute Gasteiger partial charge is 0.353 e. The van der Waals surface area contributed by atoms with E-state index >= 15 is 0 Å². The molecule has 0 saturated carbocycles. The average Bonchev–Trinajstić information content (AvgIpc) is 3.44. The van der Waals surface area contributed by atoms with Gasteiger partial charge in [0.1, 0.15) is 0 Å². The van der Waals surface area contributed by atoms with Gasteiger partial charge in [-0.2, -0.15) is 5.10 Å². The van der Waals surface area contributed by atoms with Gasteiger partial charge in [0.05, 0.1) is 23.8 Å². The maximum atomic E-state index is 4.87. The van der Waals surface area contributed by atoms with Gasteiger partial charge in [-0.15, -0.1) is 0 Å². The maximum Gasteiger partial charge on any atom is 0.222 e. The molecule has 160 valence electrons. The van der Waals surface area contributed by atoms with Crippen molar-refractivity contribution in [1.29, 1.82) is 0 Å². The number of imidazole rings is 1. The molecule has 1 saturated heterocycles. The van der Waals surface area contributed by atoms with Gasteiger partial charge in [0.2, 0.25) is 11.9 Å². The Bertz CT molecular complexity index is 1080. The summed E-state index contributed by atoms with van der Waals surface area (Å²) in [4.78, 5) is 15.8. The Morgan fingerprint density at radius 3 is 2.71 bits per heavy atom. The van der Waals surface area contributed by atoms with E-state index in [1.165, 1.54) is 0 Å². The number of rotatable bonds is 8. The molecule has 1 fully saturated rings. The molecule has 1 aliphatic heterocycles. The van der Waals surface area contributed by atoms with E-state index in [9.17, 15) is 0 Å². The molecule has 9 nitrogen and oxygen atoms in total. The summed E-state index contributed by atoms with van der Waals surface area (Å²) >= 11 is 0. The second-order valence-electron chi connectivity index (χ2n) is 7.88. The zero-order valence-corrected chi connectivity index (χ0v) is 17.4. The molecule has 3 N–H and O–H groups in total. The smallest absolute Gasteiger partial charge is 0.222 e. The van der Waals surface area contributed by atoms with Crippen LogP contribution in [-0.4, -0.2) is 66.8 Å². The number of H-pyrrole nitrogens is 1. The second-order valence-corrected chi connectivity index (χ2v) is 7.88. The van der Waals surface area contributed by atoms with Gasteiger partial charge in [-0.05, 0) is 31.0 Å². The summed E-state index contributed by atoms with van der Waals surface area (Å²) < 4.78 is 2.25. The number of aromatic nitrogens is 6. The molecule has 0 atom stereocenters. The minimum Gasteiger partial charge on any atom is -0.353 e. The first-order chi connectivity index (χ1) is 15.3. The average molecular weight is 418 g/mol. The van der Waals surface area contributed by atoms with Crippen molar-refractivity contribution in [3.05, 3.63) is 60.7 Å². The Labute approximate surface area is 180 Å². The highest BCUT2D eigenvalue weighted by Crippen LogP contribution is 2.23. The number of nitrogens with one attached hydrogen (secondary N) is 3. The van der Waals surface area contributed by atoms with Crippen LogP contribution in [-0.2, 0) is 6.54 Å². The number of hydrogen-bond acceptors (Lipinski definition) is 7. The Morgan fingerprint density at radius 1 is 1.06 bits per heavy atom. The number of piperidine rings is 1. The van der Waals surface area contributed by atoms with E-state index < -0.39 is 0 Å². The van der Waals surface area contributed by atoms with Crippen molar-refractivity contribution in [2.45, 2.75) is 25.4 Å². The molecular formula is C22H27N9. The molecule has 4 aromatic rings. The third kappa shape index (κ3) is 4.66. The van der Waals surface area contributed by atoms with E-state index in [-0.39, 0.29) is 0 Å². The molecule has 0 spiro atoms. The van der Waals surface area contributed by atoms with Crippen LogP contribution in [0.1, 0.15) is 18.4 Å². The Kier molecular flexibility index (Phi) is 5.74. The van der Waals surface area contributed by atoms with Crippen molar-refractivity contribution < 1.29 is 0 Å². The fourth-order valence-corrected chi connectivity index (χ4v) is 4.09. The number of aromatic amines is 1. The standard InChI is InChI=1S/C22H27N9/c1-2-5-20-19(4-1)29-22(31(20)16-17-14-26-27-15-17)28-18-6-11-30(12-7-18)13-10-25-21-23-8-3-9-24-21/h1-5,8-9,14-15,18H,6-7,10-13,16H2,(H,26,27)(H,28,29)(H,23,24,25). The number of anilines is 2. The fraction of sp³-hybridized carbons (Fsp3) is 0.364. The molecule has 4 heterocycles. The van der Waals surface area contributed by atoms with Gasteiger partial charge in [0.15, 0.2) is 0 Å². The van der Waals surface area contributed by atoms with Crippen molar-refractivity contribution >= 4 is 22.9 Å². The first-order valence-electron chi connectivity index (χ1n) is 10.8. The quantitative estimate of drug-likeness (QED) is 0.405. The van der Waals surface area contributed by atoms with E-state index in [1.54, 1.807) is 12.4 Å². The lowest BCUT2D eigenvalue weighted by molar-refractivity contribution is 0.226. The molecule has 3 aromatic heterocycles. The molecule has 1 aromatic carbocycles. The van der Waals surface area contributed by atoms with Crippen LogP contribution in [0.4, 0.5) is 11.9 Å². The summed E-state index contributed by atoms with van der Waals surface area (Å²) in [5.74, 6) is 1.62. The summed E-state index contributed by atoms with van der Waals surface area (Å²) in [7, 11) is 0. The highest BCUT2D eigenvalue weighted by atomic mass is 15.2. The maximum absolute atomic E-state index is 4.87. The van der Waals surface area contributed by atoms with Crippen LogP contribution in [0.2, 0.25) is 0 Å². The third-order valence-electron chi connectivity index (χ3n) is 5.75. The van der Waals surface area contributed by atoms with E-state index in [4.69, 9.17) is 4.98 Å². The van der Waals surface area contributed by atoms with Crippen LogP contribution < -0.4 is 10.6 Å². The first kappa shape index (κ1) is 19.5. The summed E-state index contributed by atoms with van der Waals surface area (Å²) in [6.07, 6.45) is 9.50. The van der Waals surface area contributed by atoms with E-state index in [1.807, 2.05) is 24.5 Å². The van der Waals surface area contributed by atoms with Gasteiger partial charge >= 0.3 is 0 Å². The number of hydrogen-bond donors (Lipinski definition) is 3. The van der Waals surface area contributed by atoms with Crippen LogP contribution >= 0.6 is 0 Å². The molecule has 0 aliphatic carbocycles. The van der Waals surface area contributed by atoms with Gasteiger partial charge in [-0.3, -0.25) is 5.10 Å². The van der Waals surface area contributed by atoms with Crippen LogP contribution in [0.25, 0.3) is 11.0 Å². The van der Waals surface area contributed by atoms with Crippen LogP contribution in [0, 0.1) is 0 Å². The Morgan fingerprint density at radius 2 is 1.90 bits per heavy atom. The number of benzene rings is 1. The van der Waals surface area contributed by atoms with Crippen LogP contribution in [0.3, 0.4) is 0 Å². The molecular weight excluding hydrogens is 390 g/mol. The molecule has 0 radical (unpaired) electrons. The summed E-state index contributed by atoms with van der Waals surface area (Å²) in [6.45, 7) is 4.71. The minimum atomic E-state index is 0.418. The van der Waals surface area contributed by atoms with Crippen molar-refractivity contribution in [2.75, 3.05) is 36.8 Å². The summed E-state index contributed by atoms with van der Waals surface area (Å²) in [5, 5.41) is 14.0. The van der Waals surface area contributed by atoms with Crippen molar-refractivity contribution in [3.8, 4) is 0 Å². The van der Waals surface area contributed by atoms with Crippen molar-refractivity contribution in [1.82, 2.24) is 34.6 Å². The van der Waals surface area contributed by atoms with Gasteiger partial charge in [-0.1, -0.05) is 12.1 Å². The van der Waals surface area contributed by atoms with Crippen LogP contribution in [0.15, 0.2) is 55.1 Å². The van der Waals surface area contributed by atoms with Gasteiger partial charge < -0.3 is 20.1 Å². The molecule has 0 unspecified atom stereocenters. The number of fused-ring (bicyclic) bond motifs is 1. The first-order valence-corrected chi connectivity index (χ1v) is 10.8. The predicted molar refractivity (Wildman–Crippen MR) is 121 cm³/mol. The topological polar surface area (TPSA) is 99.6 Å². The Balaban J connectivity index is 1.18. The monoisotopic (exact) mass is 417 g/mol. The third-order valence-corrected chi connectivity index (χ3v) is 5.75. The minimum absolute atomic E-state index is 0.418. The fourth-order valence-electron chi connectivity index (χ4n) is 4.09. The van der Waals surface area contributed by atoms with Gasteiger partial charge in [-0.25, -0.2) is 15.0 Å². The highest BCUT2D eigenvalue weighted by Gasteiger charge is 2.21. The molecule has 31 heavy (non-hydrogen) atoms. The van der Waals surface area contributed by atoms with Gasteiger partial charge in [0.25, 0.3) is 0 Å². The molecule has 0 amide bonds. The molecule has 1 aliphatic rings. The normalized spacial score (nSPS) is 15.4. The SMILES string of the molecule is c1cnc(NCCN2CCC(Nc3nc4ccccc4n3Cc3cn[nH]c3)CC2)nc1. The lowest BCUT2D eigenvalue weighted by Crippen LogP contribution is -2.41. The summed E-state index contributed by atoms with van der Waals surface area (Å²) in [5.41, 5.74) is 3.29. The number of likely N-dealkylation sites (tertiary alicyclic amines) is 1. The number of nitrogens with zero attached hydrogens (tertiary/aromatic N) is 6. The number of para-hydroxylation sites is 2. The van der Waals surface area contributed by atoms with Crippen molar-refractivity contribution in [3.63, 3.8) is 0 Å². The lowest BCUT2D eigenvalue weighted by atomic mass is 10.1. The summed E-state index contributed by atoms with van der Waals surface area (Å²) in [6, 6.07) is 10.5. The molecule has 0 bridgehead atoms. The van der Waals surface area contributed by atoms with E-state index in [0.29, 0.717) is 12.0 Å². The lowest BCUT2D eigenvalue weighted by Gasteiger charge is -2.32.